The lowest BCUT2D eigenvalue weighted by Gasteiger charge is -2.14. The second kappa shape index (κ2) is 7.00. The van der Waals surface area contributed by atoms with E-state index in [1.807, 2.05) is 0 Å². The van der Waals surface area contributed by atoms with E-state index in [1.165, 1.54) is 13.2 Å². The molecular weight excluding hydrogens is 294 g/mol. The normalized spacial score (nSPS) is 11.8. The fraction of sp³-hybridized carbons (Fsp3) is 0.188. The number of ether oxygens (including phenoxy) is 2. The summed E-state index contributed by atoms with van der Waals surface area (Å²) in [5.74, 6) is -1.76. The van der Waals surface area contributed by atoms with Gasteiger partial charge in [-0.05, 0) is 24.3 Å². The van der Waals surface area contributed by atoms with Gasteiger partial charge in [0.25, 0.3) is 0 Å². The third kappa shape index (κ3) is 3.79. The first-order valence-corrected chi connectivity index (χ1v) is 6.45. The molecule has 2 aromatic rings. The van der Waals surface area contributed by atoms with Crippen LogP contribution in [-0.4, -0.2) is 24.8 Å². The summed E-state index contributed by atoms with van der Waals surface area (Å²) in [5.41, 5.74) is 0.230. The Kier molecular flexibility index (Phi) is 5.06. The van der Waals surface area contributed by atoms with Gasteiger partial charge in [0.2, 0.25) is 0 Å². The lowest BCUT2D eigenvalue weighted by atomic mass is 10.1. The zero-order chi connectivity index (χ0) is 16.1. The van der Waals surface area contributed by atoms with Crippen molar-refractivity contribution in [2.75, 3.05) is 13.7 Å². The SMILES string of the molecule is COC(=O)c1cccc(OCC(O)c2ccc(F)cc2F)c1. The summed E-state index contributed by atoms with van der Waals surface area (Å²) in [4.78, 5) is 11.4. The highest BCUT2D eigenvalue weighted by atomic mass is 19.1. The Bertz CT molecular complexity index is 673. The maximum atomic E-state index is 13.5. The Morgan fingerprint density at radius 2 is 2.00 bits per heavy atom. The van der Waals surface area contributed by atoms with Crippen molar-refractivity contribution in [2.24, 2.45) is 0 Å². The van der Waals surface area contributed by atoms with Crippen molar-refractivity contribution < 1.29 is 28.2 Å². The number of halogens is 2. The third-order valence-electron chi connectivity index (χ3n) is 2.98. The molecule has 0 fully saturated rings. The van der Waals surface area contributed by atoms with Gasteiger partial charge >= 0.3 is 5.97 Å². The first kappa shape index (κ1) is 15.9. The van der Waals surface area contributed by atoms with Gasteiger partial charge in [0.15, 0.2) is 0 Å². The van der Waals surface area contributed by atoms with Crippen LogP contribution in [0.3, 0.4) is 0 Å². The monoisotopic (exact) mass is 308 g/mol. The molecule has 0 aliphatic carbocycles. The standard InChI is InChI=1S/C16H14F2O4/c1-21-16(20)10-3-2-4-12(7-10)22-9-15(19)13-6-5-11(17)8-14(13)18/h2-8,15,19H,9H2,1H3. The molecular formula is C16H14F2O4. The second-order valence-corrected chi connectivity index (χ2v) is 4.51. The third-order valence-corrected chi connectivity index (χ3v) is 2.98. The van der Waals surface area contributed by atoms with E-state index in [1.54, 1.807) is 18.2 Å². The van der Waals surface area contributed by atoms with Crippen molar-refractivity contribution in [3.63, 3.8) is 0 Å². The van der Waals surface area contributed by atoms with E-state index in [-0.39, 0.29) is 12.2 Å². The molecule has 0 heterocycles. The quantitative estimate of drug-likeness (QED) is 0.863. The fourth-order valence-corrected chi connectivity index (χ4v) is 1.87. The molecule has 1 N–H and O–H groups in total. The van der Waals surface area contributed by atoms with Gasteiger partial charge in [0.1, 0.15) is 30.1 Å². The second-order valence-electron chi connectivity index (χ2n) is 4.51. The van der Waals surface area contributed by atoms with Gasteiger partial charge in [0.05, 0.1) is 12.7 Å². The van der Waals surface area contributed by atoms with Crippen LogP contribution < -0.4 is 4.74 Å². The summed E-state index contributed by atoms with van der Waals surface area (Å²) in [6.07, 6.45) is -1.26. The summed E-state index contributed by atoms with van der Waals surface area (Å²) in [6.45, 7) is -0.243. The Morgan fingerprint density at radius 3 is 2.68 bits per heavy atom. The van der Waals surface area contributed by atoms with Crippen LogP contribution in [0.1, 0.15) is 22.0 Å². The Morgan fingerprint density at radius 1 is 1.23 bits per heavy atom. The van der Waals surface area contributed by atoms with E-state index >= 15 is 0 Å². The summed E-state index contributed by atoms with van der Waals surface area (Å²) in [6, 6.07) is 9.07. The first-order chi connectivity index (χ1) is 10.5. The van der Waals surface area contributed by atoms with Crippen molar-refractivity contribution in [3.05, 3.63) is 65.2 Å². The number of aliphatic hydroxyl groups excluding tert-OH is 1. The Hall–Kier alpha value is -2.47. The number of esters is 1. The molecule has 0 aliphatic rings. The molecule has 0 spiro atoms. The molecule has 0 aliphatic heterocycles. The van der Waals surface area contributed by atoms with E-state index in [9.17, 15) is 18.7 Å². The van der Waals surface area contributed by atoms with Crippen molar-refractivity contribution in [1.29, 1.82) is 0 Å². The predicted molar refractivity (Wildman–Crippen MR) is 74.6 cm³/mol. The minimum Gasteiger partial charge on any atom is -0.491 e. The van der Waals surface area contributed by atoms with Gasteiger partial charge < -0.3 is 14.6 Å². The van der Waals surface area contributed by atoms with Crippen LogP contribution in [0.15, 0.2) is 42.5 Å². The zero-order valence-electron chi connectivity index (χ0n) is 11.8. The highest BCUT2D eigenvalue weighted by molar-refractivity contribution is 5.89. The van der Waals surface area contributed by atoms with Crippen LogP contribution in [-0.2, 0) is 4.74 Å². The molecule has 2 aromatic carbocycles. The van der Waals surface area contributed by atoms with Crippen molar-refractivity contribution >= 4 is 5.97 Å². The molecule has 6 heteroatoms. The molecule has 2 rings (SSSR count). The van der Waals surface area contributed by atoms with Crippen LogP contribution in [0, 0.1) is 11.6 Å². The lowest BCUT2D eigenvalue weighted by molar-refractivity contribution is 0.0600. The summed E-state index contributed by atoms with van der Waals surface area (Å²) >= 11 is 0. The Labute approximate surface area is 125 Å². The minimum atomic E-state index is -1.26. The maximum absolute atomic E-state index is 13.5. The summed E-state index contributed by atoms with van der Waals surface area (Å²) in [7, 11) is 1.26. The van der Waals surface area contributed by atoms with Crippen molar-refractivity contribution in [2.45, 2.75) is 6.10 Å². The number of aliphatic hydroxyl groups is 1. The molecule has 0 aromatic heterocycles. The zero-order valence-corrected chi connectivity index (χ0v) is 11.8. The smallest absolute Gasteiger partial charge is 0.337 e. The summed E-state index contributed by atoms with van der Waals surface area (Å²) in [5, 5.41) is 9.90. The molecule has 22 heavy (non-hydrogen) atoms. The molecule has 116 valence electrons. The first-order valence-electron chi connectivity index (χ1n) is 6.45. The number of hydrogen-bond acceptors (Lipinski definition) is 4. The highest BCUT2D eigenvalue weighted by Gasteiger charge is 2.15. The molecule has 0 radical (unpaired) electrons. The molecule has 4 nitrogen and oxygen atoms in total. The molecule has 0 saturated carbocycles. The van der Waals surface area contributed by atoms with Gasteiger partial charge in [-0.25, -0.2) is 13.6 Å². The molecule has 0 bridgehead atoms. The van der Waals surface area contributed by atoms with Crippen LogP contribution >= 0.6 is 0 Å². The Balaban J connectivity index is 2.04. The van der Waals surface area contributed by atoms with E-state index < -0.39 is 23.7 Å². The van der Waals surface area contributed by atoms with Gasteiger partial charge in [-0.3, -0.25) is 0 Å². The number of carbonyl (C=O) groups excluding carboxylic acids is 1. The number of benzene rings is 2. The average molecular weight is 308 g/mol. The van der Waals surface area contributed by atoms with Gasteiger partial charge in [-0.15, -0.1) is 0 Å². The van der Waals surface area contributed by atoms with Crippen LogP contribution in [0.5, 0.6) is 5.75 Å². The summed E-state index contributed by atoms with van der Waals surface area (Å²) < 4.78 is 36.3. The molecule has 0 saturated heterocycles. The maximum Gasteiger partial charge on any atom is 0.337 e. The molecule has 1 atom stereocenters. The van der Waals surface area contributed by atoms with Gasteiger partial charge in [-0.1, -0.05) is 12.1 Å². The number of hydrogen-bond donors (Lipinski definition) is 1. The largest absolute Gasteiger partial charge is 0.491 e. The van der Waals surface area contributed by atoms with Crippen LogP contribution in [0.4, 0.5) is 8.78 Å². The molecule has 0 amide bonds. The number of carbonyl (C=O) groups is 1. The van der Waals surface area contributed by atoms with E-state index in [0.717, 1.165) is 12.1 Å². The van der Waals surface area contributed by atoms with Crippen molar-refractivity contribution in [3.8, 4) is 5.75 Å². The minimum absolute atomic E-state index is 0.0643. The van der Waals surface area contributed by atoms with E-state index in [0.29, 0.717) is 17.4 Å². The number of rotatable bonds is 5. The van der Waals surface area contributed by atoms with Gasteiger partial charge in [0, 0.05) is 11.6 Å². The van der Waals surface area contributed by atoms with Gasteiger partial charge in [-0.2, -0.15) is 0 Å². The van der Waals surface area contributed by atoms with E-state index in [2.05, 4.69) is 4.74 Å². The van der Waals surface area contributed by atoms with Crippen molar-refractivity contribution in [1.82, 2.24) is 0 Å². The highest BCUT2D eigenvalue weighted by Crippen LogP contribution is 2.20. The predicted octanol–water partition coefficient (Wildman–Crippen LogP) is 2.86. The topological polar surface area (TPSA) is 55.8 Å². The van der Waals surface area contributed by atoms with Crippen LogP contribution in [0.25, 0.3) is 0 Å². The lowest BCUT2D eigenvalue weighted by Crippen LogP contribution is -2.12. The van der Waals surface area contributed by atoms with Crippen LogP contribution in [0.2, 0.25) is 0 Å². The fourth-order valence-electron chi connectivity index (χ4n) is 1.87. The molecule has 1 unspecified atom stereocenters. The number of methoxy groups -OCH3 is 1. The average Bonchev–Trinajstić information content (AvgIpc) is 2.52. The van der Waals surface area contributed by atoms with E-state index in [4.69, 9.17) is 4.74 Å².